The number of nitriles is 1. The molecule has 3 N–H and O–H groups in total. The maximum Gasteiger partial charge on any atom is 0.126 e. The van der Waals surface area contributed by atoms with E-state index in [0.717, 1.165) is 6.07 Å². The zero-order chi connectivity index (χ0) is 12.0. The summed E-state index contributed by atoms with van der Waals surface area (Å²) in [6.45, 7) is 0. The Kier molecular flexibility index (Phi) is 4.04. The highest BCUT2D eigenvalue weighted by molar-refractivity contribution is 5.82. The average molecular weight is 218 g/mol. The van der Waals surface area contributed by atoms with E-state index in [1.165, 1.54) is 24.5 Å². The molecule has 0 bridgehead atoms. The Morgan fingerprint density at radius 2 is 2.31 bits per heavy atom. The van der Waals surface area contributed by atoms with Gasteiger partial charge in [-0.15, -0.1) is 0 Å². The molecule has 0 aliphatic carbocycles. The Morgan fingerprint density at radius 1 is 1.56 bits per heavy atom. The third-order valence-corrected chi connectivity index (χ3v) is 1.76. The second kappa shape index (κ2) is 5.51. The van der Waals surface area contributed by atoms with Crippen LogP contribution in [0.5, 0.6) is 0 Å². The Morgan fingerprint density at radius 3 is 2.88 bits per heavy atom. The predicted octanol–water partition coefficient (Wildman–Crippen LogP) is 1.61. The van der Waals surface area contributed by atoms with Crippen LogP contribution in [-0.2, 0) is 0 Å². The number of aliphatic imine (C=N–C) groups is 1. The van der Waals surface area contributed by atoms with Gasteiger partial charge in [0.2, 0.25) is 0 Å². The van der Waals surface area contributed by atoms with E-state index < -0.39 is 5.82 Å². The van der Waals surface area contributed by atoms with Gasteiger partial charge in [-0.1, -0.05) is 0 Å². The summed E-state index contributed by atoms with van der Waals surface area (Å²) < 4.78 is 13.1. The van der Waals surface area contributed by atoms with E-state index in [0.29, 0.717) is 11.4 Å². The highest BCUT2D eigenvalue weighted by atomic mass is 19.1. The molecule has 0 saturated heterocycles. The fraction of sp³-hybridized carbons (Fsp3) is 0.0909. The quantitative estimate of drug-likeness (QED) is 0.757. The van der Waals surface area contributed by atoms with Crippen LogP contribution >= 0.6 is 0 Å². The molecule has 0 amide bonds. The van der Waals surface area contributed by atoms with Crippen LogP contribution in [0.15, 0.2) is 35.1 Å². The first-order valence-electron chi connectivity index (χ1n) is 4.51. The van der Waals surface area contributed by atoms with Crippen LogP contribution in [0.25, 0.3) is 0 Å². The standard InChI is InChI=1S/C11H11FN4/c1-15-7-11(6-14)16-10-3-8(5-13)2-9(12)4-10/h2-4,6-7,16H,14H2,1H3. The Bertz CT molecular complexity index is 471. The summed E-state index contributed by atoms with van der Waals surface area (Å²) in [4.78, 5) is 3.77. The number of anilines is 1. The van der Waals surface area contributed by atoms with E-state index in [1.807, 2.05) is 6.07 Å². The van der Waals surface area contributed by atoms with Crippen molar-refractivity contribution >= 4 is 11.9 Å². The van der Waals surface area contributed by atoms with Gasteiger partial charge in [0, 0.05) is 25.1 Å². The minimum absolute atomic E-state index is 0.243. The van der Waals surface area contributed by atoms with Gasteiger partial charge in [-0.2, -0.15) is 5.26 Å². The van der Waals surface area contributed by atoms with Crippen molar-refractivity contribution < 1.29 is 4.39 Å². The van der Waals surface area contributed by atoms with Crippen molar-refractivity contribution in [3.05, 3.63) is 41.5 Å². The van der Waals surface area contributed by atoms with Crippen LogP contribution in [0.4, 0.5) is 10.1 Å². The second-order valence-electron chi connectivity index (χ2n) is 2.97. The minimum atomic E-state index is -0.480. The fourth-order valence-corrected chi connectivity index (χ4v) is 1.15. The van der Waals surface area contributed by atoms with Crippen LogP contribution in [0.1, 0.15) is 5.56 Å². The normalized spacial score (nSPS) is 11.4. The number of nitrogens with zero attached hydrogens (tertiary/aromatic N) is 2. The lowest BCUT2D eigenvalue weighted by atomic mass is 10.2. The molecule has 5 heteroatoms. The van der Waals surface area contributed by atoms with Gasteiger partial charge in [-0.3, -0.25) is 4.99 Å². The van der Waals surface area contributed by atoms with Crippen molar-refractivity contribution in [1.82, 2.24) is 0 Å². The lowest BCUT2D eigenvalue weighted by molar-refractivity contribution is 0.628. The molecule has 0 atom stereocenters. The molecule has 0 unspecified atom stereocenters. The van der Waals surface area contributed by atoms with Crippen molar-refractivity contribution in [3.63, 3.8) is 0 Å². The van der Waals surface area contributed by atoms with Crippen molar-refractivity contribution in [3.8, 4) is 6.07 Å². The number of nitrogens with one attached hydrogen (secondary N) is 1. The van der Waals surface area contributed by atoms with Crippen LogP contribution in [0.3, 0.4) is 0 Å². The molecule has 16 heavy (non-hydrogen) atoms. The fourth-order valence-electron chi connectivity index (χ4n) is 1.15. The maximum absolute atomic E-state index is 13.1. The smallest absolute Gasteiger partial charge is 0.126 e. The van der Waals surface area contributed by atoms with Crippen molar-refractivity contribution in [2.24, 2.45) is 10.7 Å². The number of benzene rings is 1. The van der Waals surface area contributed by atoms with Gasteiger partial charge in [0.1, 0.15) is 5.82 Å². The number of halogens is 1. The number of rotatable bonds is 3. The van der Waals surface area contributed by atoms with Gasteiger partial charge in [-0.05, 0) is 18.2 Å². The first-order chi connectivity index (χ1) is 7.69. The Hall–Kier alpha value is -2.35. The number of allylic oxidation sites excluding steroid dienone is 1. The molecule has 1 rings (SSSR count). The molecule has 1 aromatic rings. The predicted molar refractivity (Wildman–Crippen MR) is 61.4 cm³/mol. The summed E-state index contributed by atoms with van der Waals surface area (Å²) in [7, 11) is 1.59. The lowest BCUT2D eigenvalue weighted by Gasteiger charge is -2.06. The third kappa shape index (κ3) is 3.10. The molecule has 0 aliphatic rings. The minimum Gasteiger partial charge on any atom is -0.403 e. The van der Waals surface area contributed by atoms with Crippen LogP contribution in [0.2, 0.25) is 0 Å². The molecular formula is C11H11FN4. The highest BCUT2D eigenvalue weighted by Gasteiger charge is 2.01. The molecule has 0 aromatic heterocycles. The first-order valence-corrected chi connectivity index (χ1v) is 4.51. The molecule has 0 heterocycles. The number of hydrogen-bond acceptors (Lipinski definition) is 4. The van der Waals surface area contributed by atoms with Crippen molar-refractivity contribution in [1.29, 1.82) is 5.26 Å². The van der Waals surface area contributed by atoms with E-state index >= 15 is 0 Å². The zero-order valence-corrected chi connectivity index (χ0v) is 8.74. The highest BCUT2D eigenvalue weighted by Crippen LogP contribution is 2.14. The molecule has 0 saturated carbocycles. The number of nitrogens with two attached hydrogens (primary N) is 1. The monoisotopic (exact) mass is 218 g/mol. The van der Waals surface area contributed by atoms with Gasteiger partial charge in [0.15, 0.2) is 0 Å². The van der Waals surface area contributed by atoms with Gasteiger partial charge in [0.25, 0.3) is 0 Å². The summed E-state index contributed by atoms with van der Waals surface area (Å²) in [6.07, 6.45) is 2.81. The van der Waals surface area contributed by atoms with E-state index in [4.69, 9.17) is 11.0 Å². The molecule has 0 fully saturated rings. The summed E-state index contributed by atoms with van der Waals surface area (Å²) in [6, 6.07) is 5.82. The Balaban J connectivity index is 2.97. The van der Waals surface area contributed by atoms with Crippen LogP contribution in [0, 0.1) is 17.1 Å². The van der Waals surface area contributed by atoms with E-state index in [9.17, 15) is 4.39 Å². The van der Waals surface area contributed by atoms with Gasteiger partial charge < -0.3 is 11.1 Å². The molecular weight excluding hydrogens is 207 g/mol. The lowest BCUT2D eigenvalue weighted by Crippen LogP contribution is -2.04. The molecule has 1 aromatic carbocycles. The molecule has 82 valence electrons. The average Bonchev–Trinajstić information content (AvgIpc) is 2.27. The van der Waals surface area contributed by atoms with E-state index in [-0.39, 0.29) is 5.56 Å². The summed E-state index contributed by atoms with van der Waals surface area (Å²) in [5, 5.41) is 11.5. The van der Waals surface area contributed by atoms with Gasteiger partial charge in [0.05, 0.1) is 17.3 Å². The molecule has 0 spiro atoms. The van der Waals surface area contributed by atoms with Crippen molar-refractivity contribution in [2.75, 3.05) is 12.4 Å². The third-order valence-electron chi connectivity index (χ3n) is 1.76. The summed E-state index contributed by atoms with van der Waals surface area (Å²) in [5.41, 5.74) is 6.56. The van der Waals surface area contributed by atoms with E-state index in [1.54, 1.807) is 7.05 Å². The topological polar surface area (TPSA) is 74.2 Å². The SMILES string of the molecule is CN=CC(=CN)Nc1cc(F)cc(C#N)c1. The molecule has 0 radical (unpaired) electrons. The number of hydrogen-bond donors (Lipinski definition) is 2. The molecule has 4 nitrogen and oxygen atoms in total. The summed E-state index contributed by atoms with van der Waals surface area (Å²) in [5.74, 6) is -0.480. The van der Waals surface area contributed by atoms with E-state index in [2.05, 4.69) is 10.3 Å². The van der Waals surface area contributed by atoms with Crippen molar-refractivity contribution in [2.45, 2.75) is 0 Å². The maximum atomic E-state index is 13.1. The van der Waals surface area contributed by atoms with Gasteiger partial charge >= 0.3 is 0 Å². The largest absolute Gasteiger partial charge is 0.403 e. The van der Waals surface area contributed by atoms with Gasteiger partial charge in [-0.25, -0.2) is 4.39 Å². The first kappa shape index (κ1) is 11.7. The zero-order valence-electron chi connectivity index (χ0n) is 8.74. The van der Waals surface area contributed by atoms with Crippen LogP contribution in [-0.4, -0.2) is 13.3 Å². The molecule has 0 aliphatic heterocycles. The Labute approximate surface area is 92.9 Å². The summed E-state index contributed by atoms with van der Waals surface area (Å²) >= 11 is 0. The second-order valence-corrected chi connectivity index (χ2v) is 2.97. The van der Waals surface area contributed by atoms with Crippen LogP contribution < -0.4 is 11.1 Å².